The normalized spacial score (nSPS) is 12.6. The molecule has 1 amide bonds. The van der Waals surface area contributed by atoms with E-state index in [9.17, 15) is 19.2 Å². The number of aliphatic carboxylic acids is 1. The van der Waals surface area contributed by atoms with Crippen LogP contribution in [0.3, 0.4) is 0 Å². The molecule has 0 aromatic heterocycles. The van der Waals surface area contributed by atoms with Crippen LogP contribution in [-0.4, -0.2) is 46.2 Å². The van der Waals surface area contributed by atoms with E-state index in [-0.39, 0.29) is 18.3 Å². The zero-order chi connectivity index (χ0) is 29.0. The lowest BCUT2D eigenvalue weighted by Gasteiger charge is -2.23. The van der Waals surface area contributed by atoms with Gasteiger partial charge in [0.2, 0.25) is 5.91 Å². The Morgan fingerprint density at radius 2 is 0.974 bits per heavy atom. The number of hydrogen-bond acceptors (Lipinski definition) is 6. The number of carbonyl (C=O) groups excluding carboxylic acids is 3. The Kier molecular flexibility index (Phi) is 18.8. The van der Waals surface area contributed by atoms with Crippen molar-refractivity contribution in [2.24, 2.45) is 0 Å². The van der Waals surface area contributed by atoms with Gasteiger partial charge >= 0.3 is 17.9 Å². The second kappa shape index (κ2) is 19.9. The number of carboxylic acids is 1. The Bertz CT molecular complexity index is 692. The van der Waals surface area contributed by atoms with E-state index in [2.05, 4.69) is 5.32 Å². The highest BCUT2D eigenvalue weighted by molar-refractivity contribution is 5.87. The number of esters is 2. The number of carboxylic acid groups (broad SMARTS) is 1. The van der Waals surface area contributed by atoms with Crippen molar-refractivity contribution < 1.29 is 33.8 Å². The smallest absolute Gasteiger partial charge is 0.329 e. The molecule has 1 atom stereocenters. The predicted octanol–water partition coefficient (Wildman–Crippen LogP) is 6.87. The third-order valence-electron chi connectivity index (χ3n) is 5.86. The molecular weight excluding hydrogens is 486 g/mol. The molecule has 0 aliphatic carbocycles. The standard InChI is InChI=1S/C30H55NO7/c1-29(2,3)37-27(35)22-20-18-16-14-12-10-8-7-9-11-13-15-17-19-21-25(32)31-24(23-26(33)34)28(36)38-30(4,5)6/h24H,7-23H2,1-6H3,(H,31,32)(H,33,34)/t24-/m0/s1. The van der Waals surface area contributed by atoms with Crippen LogP contribution in [0, 0.1) is 0 Å². The Labute approximate surface area is 231 Å². The second-order valence-electron chi connectivity index (χ2n) is 12.3. The molecule has 0 rings (SSSR count). The Morgan fingerprint density at radius 1 is 0.605 bits per heavy atom. The lowest BCUT2D eigenvalue weighted by molar-refractivity contribution is -0.161. The second-order valence-corrected chi connectivity index (χ2v) is 12.3. The fraction of sp³-hybridized carbons (Fsp3) is 0.867. The zero-order valence-corrected chi connectivity index (χ0v) is 25.0. The molecule has 0 unspecified atom stereocenters. The number of carbonyl (C=O) groups is 4. The van der Waals surface area contributed by atoms with Crippen molar-refractivity contribution in [1.29, 1.82) is 0 Å². The summed E-state index contributed by atoms with van der Waals surface area (Å²) in [6.07, 6.45) is 16.1. The van der Waals surface area contributed by atoms with Crippen LogP contribution >= 0.6 is 0 Å². The highest BCUT2D eigenvalue weighted by atomic mass is 16.6. The van der Waals surface area contributed by atoms with Crippen molar-refractivity contribution in [3.05, 3.63) is 0 Å². The minimum Gasteiger partial charge on any atom is -0.481 e. The fourth-order valence-electron chi connectivity index (χ4n) is 4.08. The van der Waals surface area contributed by atoms with Gasteiger partial charge in [-0.1, -0.05) is 77.0 Å². The van der Waals surface area contributed by atoms with E-state index in [1.165, 1.54) is 51.4 Å². The van der Waals surface area contributed by atoms with Gasteiger partial charge in [0.25, 0.3) is 0 Å². The Morgan fingerprint density at radius 3 is 1.34 bits per heavy atom. The number of hydrogen-bond donors (Lipinski definition) is 2. The van der Waals surface area contributed by atoms with Crippen LogP contribution in [0.4, 0.5) is 0 Å². The van der Waals surface area contributed by atoms with E-state index < -0.39 is 35.6 Å². The zero-order valence-electron chi connectivity index (χ0n) is 25.0. The fourth-order valence-corrected chi connectivity index (χ4v) is 4.08. The van der Waals surface area contributed by atoms with Crippen LogP contribution in [0.2, 0.25) is 0 Å². The monoisotopic (exact) mass is 541 g/mol. The maximum atomic E-state index is 12.2. The number of amides is 1. The number of unbranched alkanes of at least 4 members (excludes halogenated alkanes) is 13. The van der Waals surface area contributed by atoms with E-state index in [1.54, 1.807) is 20.8 Å². The first-order valence-electron chi connectivity index (χ1n) is 14.7. The van der Waals surface area contributed by atoms with Crippen LogP contribution in [0.25, 0.3) is 0 Å². The van der Waals surface area contributed by atoms with E-state index in [0.717, 1.165) is 38.5 Å². The Balaban J connectivity index is 3.65. The first kappa shape index (κ1) is 35.9. The van der Waals surface area contributed by atoms with Gasteiger partial charge in [-0.25, -0.2) is 4.79 Å². The van der Waals surface area contributed by atoms with Gasteiger partial charge in [-0.05, 0) is 54.4 Å². The quantitative estimate of drug-likeness (QED) is 0.120. The van der Waals surface area contributed by atoms with Gasteiger partial charge in [-0.15, -0.1) is 0 Å². The van der Waals surface area contributed by atoms with Crippen molar-refractivity contribution >= 4 is 23.8 Å². The maximum absolute atomic E-state index is 12.2. The molecule has 38 heavy (non-hydrogen) atoms. The number of rotatable bonds is 21. The van der Waals surface area contributed by atoms with E-state index in [0.29, 0.717) is 6.42 Å². The molecule has 0 spiro atoms. The molecule has 0 aliphatic rings. The predicted molar refractivity (Wildman–Crippen MR) is 150 cm³/mol. The summed E-state index contributed by atoms with van der Waals surface area (Å²) >= 11 is 0. The van der Waals surface area contributed by atoms with Crippen LogP contribution in [0.1, 0.15) is 151 Å². The molecule has 0 heterocycles. The third kappa shape index (κ3) is 24.2. The summed E-state index contributed by atoms with van der Waals surface area (Å²) in [5.41, 5.74) is -1.14. The van der Waals surface area contributed by atoms with Gasteiger partial charge in [-0.3, -0.25) is 14.4 Å². The molecule has 2 N–H and O–H groups in total. The summed E-state index contributed by atoms with van der Waals surface area (Å²) in [5, 5.41) is 11.5. The van der Waals surface area contributed by atoms with Crippen LogP contribution in [0.5, 0.6) is 0 Å². The summed E-state index contributed by atoms with van der Waals surface area (Å²) in [6.45, 7) is 10.8. The molecule has 0 fully saturated rings. The molecule has 0 aliphatic heterocycles. The van der Waals surface area contributed by atoms with E-state index >= 15 is 0 Å². The van der Waals surface area contributed by atoms with Crippen LogP contribution < -0.4 is 5.32 Å². The topological polar surface area (TPSA) is 119 Å². The summed E-state index contributed by atoms with van der Waals surface area (Å²) in [5.74, 6) is -2.29. The molecule has 0 saturated heterocycles. The molecule has 0 radical (unpaired) electrons. The molecule has 0 aromatic carbocycles. The minimum atomic E-state index is -1.16. The number of nitrogens with one attached hydrogen (secondary N) is 1. The van der Waals surface area contributed by atoms with Crippen LogP contribution in [-0.2, 0) is 28.7 Å². The summed E-state index contributed by atoms with van der Waals surface area (Å²) < 4.78 is 10.5. The molecule has 8 heteroatoms. The van der Waals surface area contributed by atoms with E-state index in [4.69, 9.17) is 14.6 Å². The molecule has 222 valence electrons. The number of ether oxygens (including phenoxy) is 2. The van der Waals surface area contributed by atoms with Gasteiger partial charge < -0.3 is 19.9 Å². The summed E-state index contributed by atoms with van der Waals surface area (Å²) in [4.78, 5) is 47.1. The largest absolute Gasteiger partial charge is 0.481 e. The summed E-state index contributed by atoms with van der Waals surface area (Å²) in [7, 11) is 0. The highest BCUT2D eigenvalue weighted by Crippen LogP contribution is 2.15. The van der Waals surface area contributed by atoms with Gasteiger partial charge in [0.15, 0.2) is 0 Å². The van der Waals surface area contributed by atoms with Crippen molar-refractivity contribution in [3.8, 4) is 0 Å². The maximum Gasteiger partial charge on any atom is 0.329 e. The first-order chi connectivity index (χ1) is 17.7. The molecule has 0 saturated carbocycles. The van der Waals surface area contributed by atoms with Crippen molar-refractivity contribution in [1.82, 2.24) is 5.32 Å². The van der Waals surface area contributed by atoms with Gasteiger partial charge in [-0.2, -0.15) is 0 Å². The van der Waals surface area contributed by atoms with Crippen molar-refractivity contribution in [2.45, 2.75) is 168 Å². The Hall–Kier alpha value is -2.12. The lowest BCUT2D eigenvalue weighted by Crippen LogP contribution is -2.45. The van der Waals surface area contributed by atoms with Crippen molar-refractivity contribution in [3.63, 3.8) is 0 Å². The lowest BCUT2D eigenvalue weighted by atomic mass is 10.0. The average Bonchev–Trinajstić information content (AvgIpc) is 2.75. The van der Waals surface area contributed by atoms with Crippen LogP contribution in [0.15, 0.2) is 0 Å². The SMILES string of the molecule is CC(C)(C)OC(=O)CCCCCCCCCCCCCCCCC(=O)N[C@@H](CC(=O)O)C(=O)OC(C)(C)C. The molecule has 8 nitrogen and oxygen atoms in total. The third-order valence-corrected chi connectivity index (χ3v) is 5.86. The molecular formula is C30H55NO7. The molecule has 0 bridgehead atoms. The first-order valence-corrected chi connectivity index (χ1v) is 14.7. The summed E-state index contributed by atoms with van der Waals surface area (Å²) in [6, 6.07) is -1.16. The minimum absolute atomic E-state index is 0.0931. The molecule has 0 aromatic rings. The van der Waals surface area contributed by atoms with Gasteiger partial charge in [0.05, 0.1) is 6.42 Å². The van der Waals surface area contributed by atoms with Gasteiger partial charge in [0, 0.05) is 12.8 Å². The van der Waals surface area contributed by atoms with Gasteiger partial charge in [0.1, 0.15) is 17.2 Å². The van der Waals surface area contributed by atoms with E-state index in [1.807, 2.05) is 20.8 Å². The van der Waals surface area contributed by atoms with Crippen molar-refractivity contribution in [2.75, 3.05) is 0 Å². The average molecular weight is 542 g/mol. The highest BCUT2D eigenvalue weighted by Gasteiger charge is 2.28.